The minimum atomic E-state index is -4.62. The van der Waals surface area contributed by atoms with E-state index in [1.807, 2.05) is 5.83 Å². The maximum absolute atomic E-state index is 13.9. The summed E-state index contributed by atoms with van der Waals surface area (Å²) in [5, 5.41) is 20.6. The molecule has 2 aromatic rings. The molecule has 2 aromatic carbocycles. The first kappa shape index (κ1) is 26.3. The fraction of sp³-hybridized carbons (Fsp3) is 0.208. The third kappa shape index (κ3) is 5.54. The molecule has 0 aliphatic heterocycles. The summed E-state index contributed by atoms with van der Waals surface area (Å²) < 4.78 is 60.1. The van der Waals surface area contributed by atoms with Gasteiger partial charge in [0.15, 0.2) is 0 Å². The Kier molecular flexibility index (Phi) is 8.63. The molecule has 0 fully saturated rings. The number of aliphatic hydroxyl groups is 2. The lowest BCUT2D eigenvalue weighted by Crippen LogP contribution is -2.45. The van der Waals surface area contributed by atoms with Crippen LogP contribution < -0.4 is 0 Å². The Bertz CT molecular complexity index is 1040. The van der Waals surface area contributed by atoms with Gasteiger partial charge in [0.05, 0.1) is 6.26 Å². The molecule has 1 unspecified atom stereocenters. The third-order valence-electron chi connectivity index (χ3n) is 4.82. The summed E-state index contributed by atoms with van der Waals surface area (Å²) in [7, 11) is 0. The zero-order chi connectivity index (χ0) is 24.7. The van der Waals surface area contributed by atoms with E-state index in [9.17, 15) is 32.6 Å². The van der Waals surface area contributed by atoms with Crippen LogP contribution in [0.3, 0.4) is 0 Å². The Morgan fingerprint density at radius 3 is 2.06 bits per heavy atom. The number of hydrogen-bond donors (Lipinski definition) is 2. The van der Waals surface area contributed by atoms with Crippen LogP contribution in [0.5, 0.6) is 0 Å². The summed E-state index contributed by atoms with van der Waals surface area (Å²) >= 11 is 2.94. The second-order valence-electron chi connectivity index (χ2n) is 6.85. The monoisotopic (exact) mass is 528 g/mol. The van der Waals surface area contributed by atoms with E-state index in [1.54, 1.807) is 36.4 Å². The van der Waals surface area contributed by atoms with Gasteiger partial charge in [-0.25, -0.2) is 4.79 Å². The number of halogens is 5. The molecule has 9 heteroatoms. The summed E-state index contributed by atoms with van der Waals surface area (Å²) in [4.78, 5) is 12.9. The van der Waals surface area contributed by atoms with E-state index in [0.29, 0.717) is 17.9 Å². The van der Waals surface area contributed by atoms with Gasteiger partial charge in [-0.3, -0.25) is 0 Å². The van der Waals surface area contributed by atoms with Gasteiger partial charge in [0, 0.05) is 11.1 Å². The van der Waals surface area contributed by atoms with Gasteiger partial charge >= 0.3 is 17.8 Å². The molecule has 3 rings (SSSR count). The Morgan fingerprint density at radius 2 is 1.55 bits per heavy atom. The number of hydrogen-bond acceptors (Lipinski definition) is 4. The van der Waals surface area contributed by atoms with E-state index in [4.69, 9.17) is 4.74 Å². The highest BCUT2D eigenvalue weighted by atomic mass is 79.9. The SMILES string of the molecule is CBr.O=C(OCC(=CO)c1ccccc1)C(O)(C1=CC(F)(F)C(F)(F)C=C1)c1ccccc1. The quantitative estimate of drug-likeness (QED) is 0.215. The summed E-state index contributed by atoms with van der Waals surface area (Å²) in [6.07, 6.45) is 1.08. The first-order valence-corrected chi connectivity index (χ1v) is 11.1. The van der Waals surface area contributed by atoms with Crippen LogP contribution in [0.15, 0.2) is 90.7 Å². The highest BCUT2D eigenvalue weighted by Gasteiger charge is 2.57. The van der Waals surface area contributed by atoms with Crippen molar-refractivity contribution in [1.29, 1.82) is 0 Å². The Morgan fingerprint density at radius 1 is 1.00 bits per heavy atom. The zero-order valence-corrected chi connectivity index (χ0v) is 19.0. The van der Waals surface area contributed by atoms with Crippen molar-refractivity contribution in [2.45, 2.75) is 17.4 Å². The lowest BCUT2D eigenvalue weighted by Gasteiger charge is -2.32. The van der Waals surface area contributed by atoms with Crippen LogP contribution in [0.25, 0.3) is 5.57 Å². The van der Waals surface area contributed by atoms with Crippen molar-refractivity contribution >= 4 is 27.5 Å². The summed E-state index contributed by atoms with van der Waals surface area (Å²) in [5.74, 6) is -8.66. The smallest absolute Gasteiger partial charge is 0.348 e. The molecule has 0 saturated heterocycles. The van der Waals surface area contributed by atoms with Crippen molar-refractivity contribution in [3.8, 4) is 0 Å². The van der Waals surface area contributed by atoms with E-state index < -0.39 is 35.6 Å². The molecule has 0 spiro atoms. The summed E-state index contributed by atoms with van der Waals surface area (Å²) in [6, 6.07) is 15.4. The van der Waals surface area contributed by atoms with Crippen LogP contribution in [0.4, 0.5) is 17.6 Å². The number of alkyl halides is 5. The van der Waals surface area contributed by atoms with Gasteiger partial charge in [-0.1, -0.05) is 82.7 Å². The van der Waals surface area contributed by atoms with E-state index in [0.717, 1.165) is 0 Å². The maximum atomic E-state index is 13.9. The number of benzene rings is 2. The molecule has 2 N–H and O–H groups in total. The number of rotatable bonds is 6. The van der Waals surface area contributed by atoms with E-state index >= 15 is 0 Å². The van der Waals surface area contributed by atoms with Crippen molar-refractivity contribution in [3.63, 3.8) is 0 Å². The van der Waals surface area contributed by atoms with Crippen molar-refractivity contribution in [2.75, 3.05) is 12.4 Å². The van der Waals surface area contributed by atoms with Crippen LogP contribution in [0, 0.1) is 0 Å². The average Bonchev–Trinajstić information content (AvgIpc) is 2.83. The van der Waals surface area contributed by atoms with Gasteiger partial charge < -0.3 is 14.9 Å². The average molecular weight is 529 g/mol. The van der Waals surface area contributed by atoms with Crippen LogP contribution in [-0.2, 0) is 15.1 Å². The first-order chi connectivity index (χ1) is 15.6. The summed E-state index contributed by atoms with van der Waals surface area (Å²) in [5.41, 5.74) is -2.99. The molecule has 1 aliphatic rings. The number of aliphatic hydroxyl groups excluding tert-OH is 1. The fourth-order valence-corrected chi connectivity index (χ4v) is 3.05. The van der Waals surface area contributed by atoms with E-state index in [1.165, 1.54) is 24.3 Å². The largest absolute Gasteiger partial charge is 0.515 e. The van der Waals surface area contributed by atoms with E-state index in [-0.39, 0.29) is 23.3 Å². The molecule has 4 nitrogen and oxygen atoms in total. The van der Waals surface area contributed by atoms with Crippen LogP contribution in [0.2, 0.25) is 0 Å². The molecular formula is C24H21BrF4O4. The first-order valence-electron chi connectivity index (χ1n) is 9.51. The molecule has 1 atom stereocenters. The van der Waals surface area contributed by atoms with Gasteiger partial charge in [0.2, 0.25) is 5.60 Å². The standard InChI is InChI=1S/C23H18F4O4.CH3Br/c24-21(25)12-11-19(13-22(21,26)27)23(30,18-9-5-2-6-10-18)20(29)31-15-17(14-28)16-7-3-1-4-8-16;1-2/h1-14,28,30H,15H2;1H3. The van der Waals surface area contributed by atoms with Crippen LogP contribution >= 0.6 is 15.9 Å². The van der Waals surface area contributed by atoms with E-state index in [2.05, 4.69) is 15.9 Å². The molecule has 0 radical (unpaired) electrons. The number of esters is 1. The molecule has 0 saturated carbocycles. The van der Waals surface area contributed by atoms with Crippen molar-refractivity contribution in [1.82, 2.24) is 0 Å². The third-order valence-corrected chi connectivity index (χ3v) is 4.82. The molecule has 0 bridgehead atoms. The molecule has 0 aromatic heterocycles. The Labute approximate surface area is 196 Å². The molecule has 176 valence electrons. The minimum Gasteiger partial charge on any atom is -0.515 e. The van der Waals surface area contributed by atoms with Crippen LogP contribution in [0.1, 0.15) is 11.1 Å². The fourth-order valence-electron chi connectivity index (χ4n) is 3.05. The number of allylic oxidation sites excluding steroid dienone is 2. The molecule has 0 heterocycles. The predicted molar refractivity (Wildman–Crippen MR) is 120 cm³/mol. The molecule has 33 heavy (non-hydrogen) atoms. The van der Waals surface area contributed by atoms with Crippen molar-refractivity contribution in [3.05, 3.63) is 102 Å². The molecular weight excluding hydrogens is 508 g/mol. The van der Waals surface area contributed by atoms with Gasteiger partial charge in [-0.15, -0.1) is 0 Å². The second-order valence-corrected chi connectivity index (χ2v) is 6.85. The maximum Gasteiger partial charge on any atom is 0.348 e. The predicted octanol–water partition coefficient (Wildman–Crippen LogP) is 5.79. The topological polar surface area (TPSA) is 66.8 Å². The lowest BCUT2D eigenvalue weighted by molar-refractivity contribution is -0.163. The Balaban J connectivity index is 0.00000187. The highest BCUT2D eigenvalue weighted by molar-refractivity contribution is 9.08. The van der Waals surface area contributed by atoms with Gasteiger partial charge in [0.25, 0.3) is 0 Å². The second kappa shape index (κ2) is 10.8. The zero-order valence-electron chi connectivity index (χ0n) is 17.4. The molecule has 1 aliphatic carbocycles. The van der Waals surface area contributed by atoms with Gasteiger partial charge in [0.1, 0.15) is 6.61 Å². The molecule has 0 amide bonds. The number of carbonyl (C=O) groups excluding carboxylic acids is 1. The highest BCUT2D eigenvalue weighted by Crippen LogP contribution is 2.44. The normalized spacial score (nSPS) is 18.3. The Hall–Kier alpha value is -2.91. The number of ether oxygens (including phenoxy) is 1. The van der Waals surface area contributed by atoms with Crippen LogP contribution in [-0.4, -0.2) is 40.5 Å². The van der Waals surface area contributed by atoms with Crippen molar-refractivity contribution < 1.29 is 37.3 Å². The van der Waals surface area contributed by atoms with Gasteiger partial charge in [-0.2, -0.15) is 17.6 Å². The number of carbonyl (C=O) groups is 1. The lowest BCUT2D eigenvalue weighted by atomic mass is 9.82. The minimum absolute atomic E-state index is 0.0629. The van der Waals surface area contributed by atoms with Crippen molar-refractivity contribution in [2.24, 2.45) is 0 Å². The summed E-state index contributed by atoms with van der Waals surface area (Å²) in [6.45, 7) is -0.502. The van der Waals surface area contributed by atoms with Gasteiger partial charge in [-0.05, 0) is 29.1 Å².